The number of ether oxygens (including phenoxy) is 2. The van der Waals surface area contributed by atoms with E-state index in [4.69, 9.17) is 15.3 Å². The molecule has 1 unspecified atom stereocenters. The summed E-state index contributed by atoms with van der Waals surface area (Å²) < 4.78 is 11.3. The van der Waals surface area contributed by atoms with Gasteiger partial charge in [0.2, 0.25) is 5.91 Å². The van der Waals surface area contributed by atoms with Crippen molar-refractivity contribution in [2.75, 3.05) is 26.8 Å². The van der Waals surface area contributed by atoms with Crippen LogP contribution in [0.5, 0.6) is 11.5 Å². The molecule has 1 aromatic rings. The van der Waals surface area contributed by atoms with Gasteiger partial charge in [0.25, 0.3) is 0 Å². The molecule has 24 heavy (non-hydrogen) atoms. The molecule has 6 nitrogen and oxygen atoms in total. The Hall–Kier alpha value is -2.05. The number of likely N-dealkylation sites (tertiary alicyclic amines) is 1. The van der Waals surface area contributed by atoms with Crippen LogP contribution in [0, 0.1) is 5.92 Å². The van der Waals surface area contributed by atoms with E-state index in [1.807, 2.05) is 25.1 Å². The maximum atomic E-state index is 11.8. The summed E-state index contributed by atoms with van der Waals surface area (Å²) in [5.41, 5.74) is 4.26. The lowest BCUT2D eigenvalue weighted by molar-refractivity contribution is -0.126. The number of rotatable bonds is 7. The molecule has 1 amide bonds. The van der Waals surface area contributed by atoms with Gasteiger partial charge in [-0.05, 0) is 37.9 Å². The van der Waals surface area contributed by atoms with Crippen molar-refractivity contribution in [3.63, 3.8) is 0 Å². The molecule has 1 aliphatic heterocycles. The van der Waals surface area contributed by atoms with Crippen LogP contribution in [0.25, 0.3) is 0 Å². The first-order chi connectivity index (χ1) is 11.5. The highest BCUT2D eigenvalue weighted by atomic mass is 16.5. The number of hydrazine groups is 1. The van der Waals surface area contributed by atoms with Gasteiger partial charge in [0.05, 0.1) is 13.0 Å². The Morgan fingerprint density at radius 3 is 2.96 bits per heavy atom. The number of piperidine rings is 1. The third-order valence-corrected chi connectivity index (χ3v) is 4.16. The largest absolute Gasteiger partial charge is 0.493 e. The number of nitrogens with one attached hydrogen (secondary N) is 1. The number of methoxy groups -OCH3 is 1. The SMILES string of the molecule is C=C(C)COc1c(CN2CCCC(C(=O)NN)C2)cccc1OC. The number of carbonyl (C=O) groups is 1. The summed E-state index contributed by atoms with van der Waals surface area (Å²) in [5.74, 6) is 6.57. The molecule has 0 bridgehead atoms. The number of hydrogen-bond donors (Lipinski definition) is 2. The van der Waals surface area contributed by atoms with E-state index in [0.717, 1.165) is 36.3 Å². The molecule has 0 radical (unpaired) electrons. The zero-order valence-corrected chi connectivity index (χ0v) is 14.5. The molecule has 1 aromatic carbocycles. The smallest absolute Gasteiger partial charge is 0.238 e. The Bertz CT molecular complexity index is 589. The normalized spacial score (nSPS) is 18.0. The molecule has 6 heteroatoms. The van der Waals surface area contributed by atoms with Gasteiger partial charge in [-0.25, -0.2) is 5.84 Å². The molecular formula is C18H27N3O3. The minimum absolute atomic E-state index is 0.0610. The zero-order chi connectivity index (χ0) is 17.5. The third-order valence-electron chi connectivity index (χ3n) is 4.16. The quantitative estimate of drug-likeness (QED) is 0.345. The molecule has 3 N–H and O–H groups in total. The van der Waals surface area contributed by atoms with Crippen LogP contribution in [-0.2, 0) is 11.3 Å². The topological polar surface area (TPSA) is 76.8 Å². The Morgan fingerprint density at radius 2 is 2.29 bits per heavy atom. The van der Waals surface area contributed by atoms with Crippen LogP contribution in [0.15, 0.2) is 30.4 Å². The number of benzene rings is 1. The predicted molar refractivity (Wildman–Crippen MR) is 93.6 cm³/mol. The summed E-state index contributed by atoms with van der Waals surface area (Å²) in [7, 11) is 1.63. The molecule has 132 valence electrons. The molecule has 0 aliphatic carbocycles. The Balaban J connectivity index is 2.13. The van der Waals surface area contributed by atoms with Crippen molar-refractivity contribution in [3.8, 4) is 11.5 Å². The van der Waals surface area contributed by atoms with Gasteiger partial charge in [-0.3, -0.25) is 15.1 Å². The average molecular weight is 333 g/mol. The molecule has 1 aliphatic rings. The van der Waals surface area contributed by atoms with Crippen molar-refractivity contribution in [1.82, 2.24) is 10.3 Å². The molecule has 1 saturated heterocycles. The zero-order valence-electron chi connectivity index (χ0n) is 14.5. The highest BCUT2D eigenvalue weighted by molar-refractivity contribution is 5.78. The Kier molecular flexibility index (Phi) is 6.63. The first-order valence-corrected chi connectivity index (χ1v) is 8.21. The number of carbonyl (C=O) groups excluding carboxylic acids is 1. The molecule has 1 heterocycles. The average Bonchev–Trinajstić information content (AvgIpc) is 2.59. The monoisotopic (exact) mass is 333 g/mol. The lowest BCUT2D eigenvalue weighted by Gasteiger charge is -2.32. The van der Waals surface area contributed by atoms with Gasteiger partial charge < -0.3 is 9.47 Å². The first kappa shape index (κ1) is 18.3. The highest BCUT2D eigenvalue weighted by Gasteiger charge is 2.26. The van der Waals surface area contributed by atoms with E-state index in [1.54, 1.807) is 7.11 Å². The predicted octanol–water partition coefficient (Wildman–Crippen LogP) is 1.85. The molecule has 0 saturated carbocycles. The number of amides is 1. The summed E-state index contributed by atoms with van der Waals surface area (Å²) in [6, 6.07) is 5.87. The number of nitrogens with zero attached hydrogens (tertiary/aromatic N) is 1. The van der Waals surface area contributed by atoms with E-state index in [2.05, 4.69) is 16.9 Å². The fraction of sp³-hybridized carbons (Fsp3) is 0.500. The van der Waals surface area contributed by atoms with E-state index in [0.29, 0.717) is 25.4 Å². The molecule has 1 fully saturated rings. The van der Waals surface area contributed by atoms with Crippen LogP contribution < -0.4 is 20.7 Å². The summed E-state index contributed by atoms with van der Waals surface area (Å²) >= 11 is 0. The lowest BCUT2D eigenvalue weighted by atomic mass is 9.97. The number of para-hydroxylation sites is 1. The van der Waals surface area contributed by atoms with Gasteiger partial charge in [0.15, 0.2) is 11.5 Å². The van der Waals surface area contributed by atoms with Crippen LogP contribution in [-0.4, -0.2) is 37.6 Å². The van der Waals surface area contributed by atoms with Gasteiger partial charge in [-0.1, -0.05) is 18.7 Å². The van der Waals surface area contributed by atoms with Crippen LogP contribution in [0.3, 0.4) is 0 Å². The number of nitrogens with two attached hydrogens (primary N) is 1. The van der Waals surface area contributed by atoms with Crippen LogP contribution in [0.4, 0.5) is 0 Å². The van der Waals surface area contributed by atoms with Gasteiger partial charge in [0, 0.05) is 18.7 Å². The second kappa shape index (κ2) is 8.70. The molecular weight excluding hydrogens is 306 g/mol. The summed E-state index contributed by atoms with van der Waals surface area (Å²) in [4.78, 5) is 14.0. The van der Waals surface area contributed by atoms with Gasteiger partial charge >= 0.3 is 0 Å². The summed E-state index contributed by atoms with van der Waals surface area (Å²) in [6.45, 7) is 8.60. The van der Waals surface area contributed by atoms with E-state index >= 15 is 0 Å². The fourth-order valence-electron chi connectivity index (χ4n) is 2.98. The molecule has 2 rings (SSSR count). The molecule has 0 aromatic heterocycles. The maximum absolute atomic E-state index is 11.8. The molecule has 1 atom stereocenters. The van der Waals surface area contributed by atoms with E-state index in [-0.39, 0.29) is 11.8 Å². The van der Waals surface area contributed by atoms with Crippen molar-refractivity contribution in [2.45, 2.75) is 26.3 Å². The van der Waals surface area contributed by atoms with Crippen molar-refractivity contribution in [3.05, 3.63) is 35.9 Å². The first-order valence-electron chi connectivity index (χ1n) is 8.21. The summed E-state index contributed by atoms with van der Waals surface area (Å²) in [6.07, 6.45) is 1.85. The lowest BCUT2D eigenvalue weighted by Crippen LogP contribution is -2.44. The van der Waals surface area contributed by atoms with Crippen molar-refractivity contribution >= 4 is 5.91 Å². The standard InChI is InChI=1S/C18H27N3O3/c1-13(2)12-24-17-14(6-4-8-16(17)23-3)10-21-9-5-7-15(11-21)18(22)20-19/h4,6,8,15H,1,5,7,9-12,19H2,2-3H3,(H,20,22). The fourth-order valence-corrected chi connectivity index (χ4v) is 2.98. The maximum Gasteiger partial charge on any atom is 0.238 e. The van der Waals surface area contributed by atoms with Crippen LogP contribution >= 0.6 is 0 Å². The highest BCUT2D eigenvalue weighted by Crippen LogP contribution is 2.33. The van der Waals surface area contributed by atoms with E-state index in [9.17, 15) is 4.79 Å². The van der Waals surface area contributed by atoms with Gasteiger partial charge in [-0.2, -0.15) is 0 Å². The van der Waals surface area contributed by atoms with E-state index in [1.165, 1.54) is 0 Å². The van der Waals surface area contributed by atoms with E-state index < -0.39 is 0 Å². The van der Waals surface area contributed by atoms with Gasteiger partial charge in [0.1, 0.15) is 6.61 Å². The van der Waals surface area contributed by atoms with Crippen LogP contribution in [0.1, 0.15) is 25.3 Å². The van der Waals surface area contributed by atoms with Gasteiger partial charge in [-0.15, -0.1) is 0 Å². The Labute approximate surface area is 143 Å². The van der Waals surface area contributed by atoms with Crippen molar-refractivity contribution in [1.29, 1.82) is 0 Å². The molecule has 0 spiro atoms. The third kappa shape index (κ3) is 4.72. The minimum Gasteiger partial charge on any atom is -0.493 e. The Morgan fingerprint density at radius 1 is 1.50 bits per heavy atom. The summed E-state index contributed by atoms with van der Waals surface area (Å²) in [5, 5.41) is 0. The van der Waals surface area contributed by atoms with Crippen LogP contribution in [0.2, 0.25) is 0 Å². The minimum atomic E-state index is -0.0934. The van der Waals surface area contributed by atoms with Crippen molar-refractivity contribution in [2.24, 2.45) is 11.8 Å². The second-order valence-electron chi connectivity index (χ2n) is 6.28. The second-order valence-corrected chi connectivity index (χ2v) is 6.28. The number of hydrogen-bond acceptors (Lipinski definition) is 5. The van der Waals surface area contributed by atoms with Crippen molar-refractivity contribution < 1.29 is 14.3 Å².